The summed E-state index contributed by atoms with van der Waals surface area (Å²) in [6.07, 6.45) is 0.859. The first-order chi connectivity index (χ1) is 9.97. The Morgan fingerprint density at radius 3 is 2.48 bits per heavy atom. The van der Waals surface area contributed by atoms with Crippen LogP contribution in [0.3, 0.4) is 0 Å². The molecule has 0 aliphatic heterocycles. The molecule has 0 spiro atoms. The summed E-state index contributed by atoms with van der Waals surface area (Å²) in [5.74, 6) is -1.04. The van der Waals surface area contributed by atoms with E-state index in [1.54, 1.807) is 6.92 Å². The second kappa shape index (κ2) is 8.86. The van der Waals surface area contributed by atoms with E-state index in [0.717, 1.165) is 12.0 Å². The van der Waals surface area contributed by atoms with Crippen LogP contribution in [0.5, 0.6) is 0 Å². The molecule has 6 heteroatoms. The van der Waals surface area contributed by atoms with Crippen molar-refractivity contribution in [3.63, 3.8) is 0 Å². The number of ether oxygens (including phenoxy) is 1. The van der Waals surface area contributed by atoms with Crippen molar-refractivity contribution in [2.75, 3.05) is 6.61 Å². The van der Waals surface area contributed by atoms with Gasteiger partial charge in [0, 0.05) is 0 Å². The zero-order chi connectivity index (χ0) is 15.8. The molecule has 5 nitrogen and oxygen atoms in total. The number of amides is 1. The van der Waals surface area contributed by atoms with Crippen LogP contribution < -0.4 is 0 Å². The van der Waals surface area contributed by atoms with Gasteiger partial charge in [-0.05, 0) is 32.3 Å². The first-order valence-electron chi connectivity index (χ1n) is 6.83. The molecule has 116 valence electrons. The summed E-state index contributed by atoms with van der Waals surface area (Å²) in [5, 5.41) is 9.15. The summed E-state index contributed by atoms with van der Waals surface area (Å²) in [4.78, 5) is 24.4. The number of nitrogens with zero attached hydrogens (tertiary/aromatic N) is 1. The Kier molecular flexibility index (Phi) is 7.49. The number of carbonyl (C=O) groups excluding carboxylic acids is 1. The monoisotopic (exact) mass is 405 g/mol. The number of hydrogen-bond donors (Lipinski definition) is 1. The van der Waals surface area contributed by atoms with Crippen LogP contribution in [0.2, 0.25) is 0 Å². The maximum absolute atomic E-state index is 12.0. The number of rotatable bonds is 7. The third kappa shape index (κ3) is 5.53. The molecule has 0 fully saturated rings. The highest BCUT2D eigenvalue weighted by molar-refractivity contribution is 14.1. The summed E-state index contributed by atoms with van der Waals surface area (Å²) in [5.41, 5.74) is 1.16. The molecule has 0 bridgehead atoms. The highest BCUT2D eigenvalue weighted by Gasteiger charge is 2.31. The summed E-state index contributed by atoms with van der Waals surface area (Å²) in [6.45, 7) is 3.42. The van der Waals surface area contributed by atoms with Gasteiger partial charge in [0.25, 0.3) is 0 Å². The van der Waals surface area contributed by atoms with Crippen molar-refractivity contribution >= 4 is 34.7 Å². The maximum Gasteiger partial charge on any atom is 0.411 e. The van der Waals surface area contributed by atoms with Crippen molar-refractivity contribution in [2.45, 2.75) is 36.8 Å². The average Bonchev–Trinajstić information content (AvgIpc) is 2.46. The number of carbonyl (C=O) groups is 2. The van der Waals surface area contributed by atoms with E-state index in [-0.39, 0.29) is 10.7 Å². The molecule has 1 aromatic rings. The van der Waals surface area contributed by atoms with Crippen molar-refractivity contribution < 1.29 is 19.4 Å². The lowest BCUT2D eigenvalue weighted by molar-refractivity contribution is -0.142. The van der Waals surface area contributed by atoms with Crippen LogP contribution in [0.1, 0.15) is 25.8 Å². The smallest absolute Gasteiger partial charge is 0.411 e. The molecule has 1 aromatic carbocycles. The van der Waals surface area contributed by atoms with E-state index in [1.807, 2.05) is 30.3 Å². The van der Waals surface area contributed by atoms with Crippen LogP contribution in [0.15, 0.2) is 30.3 Å². The molecular weight excluding hydrogens is 385 g/mol. The van der Waals surface area contributed by atoms with E-state index >= 15 is 0 Å². The third-order valence-electron chi connectivity index (χ3n) is 3.07. The minimum atomic E-state index is -1.04. The van der Waals surface area contributed by atoms with Gasteiger partial charge in [0.05, 0.1) is 10.7 Å². The molecule has 1 N–H and O–H groups in total. The quantitative estimate of drug-likeness (QED) is 0.430. The summed E-state index contributed by atoms with van der Waals surface area (Å²) >= 11 is 2.10. The topological polar surface area (TPSA) is 66.8 Å². The van der Waals surface area contributed by atoms with E-state index in [4.69, 9.17) is 9.84 Å². The standard InChI is InChI=1S/C15H20INO4/c1-3-21-15(20)17(11(2)14(18)19)13(16)10-9-12-7-5-4-6-8-12/h4-8,11,13H,3,9-10H2,1-2H3,(H,18,19)/t11?,13-/m1/s1. The van der Waals surface area contributed by atoms with Crippen molar-refractivity contribution in [3.8, 4) is 0 Å². The van der Waals surface area contributed by atoms with Crippen molar-refractivity contribution in [1.82, 2.24) is 4.90 Å². The second-order valence-corrected chi connectivity index (χ2v) is 6.02. The highest BCUT2D eigenvalue weighted by atomic mass is 127. The van der Waals surface area contributed by atoms with Crippen molar-refractivity contribution in [3.05, 3.63) is 35.9 Å². The molecule has 0 heterocycles. The minimum Gasteiger partial charge on any atom is -0.480 e. The van der Waals surface area contributed by atoms with Crippen LogP contribution in [0.4, 0.5) is 4.79 Å². The molecule has 0 aliphatic rings. The summed E-state index contributed by atoms with van der Waals surface area (Å²) in [7, 11) is 0. The number of carboxylic acid groups (broad SMARTS) is 1. The molecule has 1 unspecified atom stereocenters. The fraction of sp³-hybridized carbons (Fsp3) is 0.467. The first-order valence-corrected chi connectivity index (χ1v) is 8.07. The van der Waals surface area contributed by atoms with Gasteiger partial charge in [-0.3, -0.25) is 4.90 Å². The lowest BCUT2D eigenvalue weighted by Gasteiger charge is -2.30. The number of benzene rings is 1. The normalized spacial score (nSPS) is 13.3. The minimum absolute atomic E-state index is 0.226. The molecule has 0 saturated heterocycles. The van der Waals surface area contributed by atoms with Gasteiger partial charge in [0.1, 0.15) is 6.04 Å². The van der Waals surface area contributed by atoms with E-state index in [2.05, 4.69) is 22.6 Å². The highest BCUT2D eigenvalue weighted by Crippen LogP contribution is 2.20. The van der Waals surface area contributed by atoms with Gasteiger partial charge in [-0.1, -0.05) is 52.9 Å². The van der Waals surface area contributed by atoms with Gasteiger partial charge < -0.3 is 9.84 Å². The Bertz CT molecular complexity index is 466. The van der Waals surface area contributed by atoms with Gasteiger partial charge in [0.2, 0.25) is 0 Å². The SMILES string of the molecule is CCOC(=O)N(C(C)C(=O)O)[C@@H](I)CCc1ccccc1. The van der Waals surface area contributed by atoms with Crippen LogP contribution in [0, 0.1) is 0 Å². The second-order valence-electron chi connectivity index (χ2n) is 4.58. The lowest BCUT2D eigenvalue weighted by Crippen LogP contribution is -2.47. The predicted molar refractivity (Wildman–Crippen MR) is 88.5 cm³/mol. The lowest BCUT2D eigenvalue weighted by atomic mass is 10.1. The van der Waals surface area contributed by atoms with Gasteiger partial charge in [-0.15, -0.1) is 0 Å². The molecule has 0 aliphatic carbocycles. The molecule has 21 heavy (non-hydrogen) atoms. The molecule has 2 atom stereocenters. The number of aliphatic carboxylic acids is 1. The van der Waals surface area contributed by atoms with E-state index in [1.165, 1.54) is 11.8 Å². The Morgan fingerprint density at radius 1 is 1.33 bits per heavy atom. The Labute approximate surface area is 138 Å². The third-order valence-corrected chi connectivity index (χ3v) is 4.29. The molecule has 1 amide bonds. The Hall–Kier alpha value is -1.31. The molecule has 0 saturated carbocycles. The van der Waals surface area contributed by atoms with E-state index in [0.29, 0.717) is 6.42 Å². The van der Waals surface area contributed by atoms with Gasteiger partial charge in [0.15, 0.2) is 0 Å². The molecule has 0 radical (unpaired) electrons. The zero-order valence-corrected chi connectivity index (χ0v) is 14.3. The van der Waals surface area contributed by atoms with Gasteiger partial charge >= 0.3 is 12.1 Å². The van der Waals surface area contributed by atoms with E-state index < -0.39 is 18.1 Å². The van der Waals surface area contributed by atoms with Crippen molar-refractivity contribution in [1.29, 1.82) is 0 Å². The van der Waals surface area contributed by atoms with Gasteiger partial charge in [-0.25, -0.2) is 9.59 Å². The van der Waals surface area contributed by atoms with E-state index in [9.17, 15) is 9.59 Å². The summed E-state index contributed by atoms with van der Waals surface area (Å²) in [6, 6.07) is 8.97. The number of hydrogen-bond acceptors (Lipinski definition) is 3. The molecular formula is C15H20INO4. The maximum atomic E-state index is 12.0. The summed E-state index contributed by atoms with van der Waals surface area (Å²) < 4.78 is 4.72. The first kappa shape index (κ1) is 17.7. The number of aryl methyl sites for hydroxylation is 1. The largest absolute Gasteiger partial charge is 0.480 e. The van der Waals surface area contributed by atoms with Crippen LogP contribution in [-0.2, 0) is 16.0 Å². The van der Waals surface area contributed by atoms with Crippen LogP contribution in [0.25, 0.3) is 0 Å². The molecule has 1 rings (SSSR count). The zero-order valence-electron chi connectivity index (χ0n) is 12.2. The van der Waals surface area contributed by atoms with Crippen LogP contribution in [-0.4, -0.2) is 38.8 Å². The Morgan fingerprint density at radius 2 is 1.95 bits per heavy atom. The molecule has 0 aromatic heterocycles. The fourth-order valence-electron chi connectivity index (χ4n) is 1.90. The Balaban J connectivity index is 2.72. The number of halogens is 1. The predicted octanol–water partition coefficient (Wildman–Crippen LogP) is 3.31. The number of alkyl halides is 1. The average molecular weight is 405 g/mol. The van der Waals surface area contributed by atoms with Crippen molar-refractivity contribution in [2.24, 2.45) is 0 Å². The van der Waals surface area contributed by atoms with Crippen LogP contribution >= 0.6 is 22.6 Å². The number of carboxylic acids is 1. The van der Waals surface area contributed by atoms with Gasteiger partial charge in [-0.2, -0.15) is 0 Å². The fourth-order valence-corrected chi connectivity index (χ4v) is 2.92.